The third-order valence-corrected chi connectivity index (χ3v) is 4.38. The molecule has 0 N–H and O–H groups in total. The zero-order valence-electron chi connectivity index (χ0n) is 9.14. The largest absolute Gasteiger partial charge is 0.265 e. The number of benzene rings is 1. The lowest BCUT2D eigenvalue weighted by Gasteiger charge is -2.17. The summed E-state index contributed by atoms with van der Waals surface area (Å²) >= 11 is 7.00. The predicted molar refractivity (Wildman–Crippen MR) is 76.4 cm³/mol. The van der Waals surface area contributed by atoms with E-state index in [2.05, 4.69) is 25.6 Å². The standard InChI is InChI=1S/C13H13NS2/c1-3-9-13(2)12(15)16-11(14-13)10-7-5-4-6-8-10/h3-8H,1,9H2,2H3. The van der Waals surface area contributed by atoms with Gasteiger partial charge in [0.1, 0.15) is 10.6 Å². The van der Waals surface area contributed by atoms with Crippen LogP contribution in [0.4, 0.5) is 0 Å². The molecule has 0 amide bonds. The van der Waals surface area contributed by atoms with Crippen molar-refractivity contribution in [3.63, 3.8) is 0 Å². The van der Waals surface area contributed by atoms with Crippen molar-refractivity contribution in [2.45, 2.75) is 18.9 Å². The lowest BCUT2D eigenvalue weighted by molar-refractivity contribution is 0.662. The molecule has 0 bridgehead atoms. The number of thiocarbonyl (C=S) groups is 1. The summed E-state index contributed by atoms with van der Waals surface area (Å²) in [5.74, 6) is 0. The number of nitrogens with zero attached hydrogens (tertiary/aromatic N) is 1. The molecule has 0 aromatic heterocycles. The normalized spacial score (nSPS) is 24.3. The molecule has 82 valence electrons. The summed E-state index contributed by atoms with van der Waals surface area (Å²) in [6.45, 7) is 5.83. The molecular formula is C13H13NS2. The highest BCUT2D eigenvalue weighted by atomic mass is 32.2. The molecule has 1 nitrogen and oxygen atoms in total. The van der Waals surface area contributed by atoms with E-state index < -0.39 is 0 Å². The fourth-order valence-electron chi connectivity index (χ4n) is 1.60. The summed E-state index contributed by atoms with van der Waals surface area (Å²) in [4.78, 5) is 4.73. The molecule has 1 aromatic carbocycles. The fourth-order valence-corrected chi connectivity index (χ4v) is 3.00. The van der Waals surface area contributed by atoms with E-state index in [9.17, 15) is 0 Å². The van der Waals surface area contributed by atoms with Crippen LogP contribution in [0.1, 0.15) is 18.9 Å². The van der Waals surface area contributed by atoms with Crippen molar-refractivity contribution in [2.24, 2.45) is 4.99 Å². The van der Waals surface area contributed by atoms with E-state index in [-0.39, 0.29) is 5.54 Å². The van der Waals surface area contributed by atoms with Crippen molar-refractivity contribution in [3.8, 4) is 0 Å². The van der Waals surface area contributed by atoms with Gasteiger partial charge in [0, 0.05) is 5.56 Å². The molecule has 0 spiro atoms. The van der Waals surface area contributed by atoms with E-state index in [0.717, 1.165) is 21.2 Å². The molecule has 0 saturated carbocycles. The molecule has 1 unspecified atom stereocenters. The highest BCUT2D eigenvalue weighted by Crippen LogP contribution is 2.36. The molecule has 1 heterocycles. The van der Waals surface area contributed by atoms with Gasteiger partial charge < -0.3 is 0 Å². The molecule has 0 radical (unpaired) electrons. The smallest absolute Gasteiger partial charge is 0.104 e. The van der Waals surface area contributed by atoms with Crippen LogP contribution in [0.25, 0.3) is 0 Å². The summed E-state index contributed by atoms with van der Waals surface area (Å²) in [6, 6.07) is 10.2. The lowest BCUT2D eigenvalue weighted by Crippen LogP contribution is -2.24. The minimum Gasteiger partial charge on any atom is -0.265 e. The summed E-state index contributed by atoms with van der Waals surface area (Å²) in [6.07, 6.45) is 2.68. The summed E-state index contributed by atoms with van der Waals surface area (Å²) < 4.78 is 0.936. The highest BCUT2D eigenvalue weighted by Gasteiger charge is 2.35. The van der Waals surface area contributed by atoms with Gasteiger partial charge in [0.25, 0.3) is 0 Å². The SMILES string of the molecule is C=CCC1(C)N=C(c2ccccc2)SC1=S. The van der Waals surface area contributed by atoms with E-state index >= 15 is 0 Å². The zero-order chi connectivity index (χ0) is 11.6. The second-order valence-corrected chi connectivity index (χ2v) is 5.60. The quantitative estimate of drug-likeness (QED) is 0.594. The molecule has 3 heteroatoms. The fraction of sp³-hybridized carbons (Fsp3) is 0.231. The molecule has 1 aliphatic rings. The van der Waals surface area contributed by atoms with Gasteiger partial charge in [-0.15, -0.1) is 6.58 Å². The Hall–Kier alpha value is -0.930. The number of aliphatic imine (C=N–C) groups is 1. The molecule has 0 aliphatic carbocycles. The van der Waals surface area contributed by atoms with Gasteiger partial charge in [-0.1, -0.05) is 60.4 Å². The molecule has 1 atom stereocenters. The second kappa shape index (κ2) is 4.52. The van der Waals surface area contributed by atoms with Crippen LogP contribution in [0.2, 0.25) is 0 Å². The van der Waals surface area contributed by atoms with Crippen LogP contribution in [0, 0.1) is 0 Å². The number of hydrogen-bond acceptors (Lipinski definition) is 3. The Balaban J connectivity index is 2.33. The van der Waals surface area contributed by atoms with Crippen molar-refractivity contribution in [2.75, 3.05) is 0 Å². The van der Waals surface area contributed by atoms with Crippen LogP contribution >= 0.6 is 24.0 Å². The summed E-state index contributed by atoms with van der Waals surface area (Å²) in [5, 5.41) is 1.02. The topological polar surface area (TPSA) is 12.4 Å². The maximum atomic E-state index is 5.40. The van der Waals surface area contributed by atoms with E-state index in [4.69, 9.17) is 17.2 Å². The van der Waals surface area contributed by atoms with Gasteiger partial charge >= 0.3 is 0 Å². The number of rotatable bonds is 3. The maximum absolute atomic E-state index is 5.40. The van der Waals surface area contributed by atoms with Gasteiger partial charge in [-0.3, -0.25) is 4.99 Å². The first-order valence-corrected chi connectivity index (χ1v) is 6.37. The monoisotopic (exact) mass is 247 g/mol. The lowest BCUT2D eigenvalue weighted by atomic mass is 10.0. The van der Waals surface area contributed by atoms with Crippen LogP contribution in [-0.2, 0) is 0 Å². The highest BCUT2D eigenvalue weighted by molar-refractivity contribution is 8.34. The minimum absolute atomic E-state index is 0.257. The second-order valence-electron chi connectivity index (χ2n) is 3.94. The molecular weight excluding hydrogens is 234 g/mol. The molecule has 2 rings (SSSR count). The molecule has 0 fully saturated rings. The van der Waals surface area contributed by atoms with Crippen molar-refractivity contribution in [3.05, 3.63) is 48.6 Å². The maximum Gasteiger partial charge on any atom is 0.104 e. The number of hydrogen-bond donors (Lipinski definition) is 0. The third-order valence-electron chi connectivity index (χ3n) is 2.54. The van der Waals surface area contributed by atoms with E-state index in [0.29, 0.717) is 0 Å². The first kappa shape index (κ1) is 11.6. The van der Waals surface area contributed by atoms with Gasteiger partial charge in [0.15, 0.2) is 0 Å². The Bertz CT molecular complexity index is 450. The van der Waals surface area contributed by atoms with Crippen LogP contribution in [0.5, 0.6) is 0 Å². The molecule has 1 aliphatic heterocycles. The van der Waals surface area contributed by atoms with Crippen molar-refractivity contribution in [1.29, 1.82) is 0 Å². The predicted octanol–water partition coefficient (Wildman–Crippen LogP) is 3.84. The summed E-state index contributed by atoms with van der Waals surface area (Å²) in [5.41, 5.74) is 0.884. The van der Waals surface area contributed by atoms with Crippen LogP contribution in [0.15, 0.2) is 48.0 Å². The van der Waals surface area contributed by atoms with E-state index in [1.807, 2.05) is 24.3 Å². The van der Waals surface area contributed by atoms with Crippen LogP contribution < -0.4 is 0 Å². The van der Waals surface area contributed by atoms with E-state index in [1.54, 1.807) is 11.8 Å². The van der Waals surface area contributed by atoms with Crippen LogP contribution in [-0.4, -0.2) is 14.8 Å². The minimum atomic E-state index is -0.257. The molecule has 1 aromatic rings. The van der Waals surface area contributed by atoms with Gasteiger partial charge in [0.05, 0.1) is 4.20 Å². The summed E-state index contributed by atoms with van der Waals surface area (Å²) in [7, 11) is 0. The van der Waals surface area contributed by atoms with Crippen molar-refractivity contribution < 1.29 is 0 Å². The van der Waals surface area contributed by atoms with Gasteiger partial charge in [-0.2, -0.15) is 0 Å². The van der Waals surface area contributed by atoms with Gasteiger partial charge in [0.2, 0.25) is 0 Å². The third kappa shape index (κ3) is 2.11. The van der Waals surface area contributed by atoms with Gasteiger partial charge in [-0.25, -0.2) is 0 Å². The Morgan fingerprint density at radius 1 is 1.44 bits per heavy atom. The van der Waals surface area contributed by atoms with Crippen LogP contribution in [0.3, 0.4) is 0 Å². The number of thioether (sulfide) groups is 1. The van der Waals surface area contributed by atoms with Gasteiger partial charge in [-0.05, 0) is 13.3 Å². The van der Waals surface area contributed by atoms with Crippen molar-refractivity contribution >= 4 is 33.2 Å². The zero-order valence-corrected chi connectivity index (χ0v) is 10.8. The Morgan fingerprint density at radius 3 is 2.75 bits per heavy atom. The first-order valence-electron chi connectivity index (χ1n) is 5.14. The average molecular weight is 247 g/mol. The van der Waals surface area contributed by atoms with E-state index in [1.165, 1.54) is 0 Å². The average Bonchev–Trinajstić information content (AvgIpc) is 2.57. The Kier molecular flexibility index (Phi) is 3.26. The van der Waals surface area contributed by atoms with Crippen molar-refractivity contribution in [1.82, 2.24) is 0 Å². The molecule has 16 heavy (non-hydrogen) atoms. The first-order chi connectivity index (χ1) is 7.65. The molecule has 0 saturated heterocycles. The Morgan fingerprint density at radius 2 is 2.12 bits per heavy atom. The Labute approximate surface area is 106 Å².